The number of fused-ring (bicyclic) bond motifs is 2. The number of para-hydroxylation sites is 1. The van der Waals surface area contributed by atoms with Crippen molar-refractivity contribution >= 4 is 28.8 Å². The van der Waals surface area contributed by atoms with E-state index in [1.807, 2.05) is 0 Å². The van der Waals surface area contributed by atoms with Crippen molar-refractivity contribution in [2.24, 2.45) is 0 Å². The Bertz CT molecular complexity index is 579. The normalized spacial score (nSPS) is 26.5. The van der Waals surface area contributed by atoms with Crippen LogP contribution in [-0.4, -0.2) is 17.5 Å². The van der Waals surface area contributed by atoms with Crippen molar-refractivity contribution in [1.29, 1.82) is 0 Å². The van der Waals surface area contributed by atoms with Gasteiger partial charge in [-0.15, -0.1) is 0 Å². The molecule has 1 heterocycles. The minimum atomic E-state index is -1.32. The molecule has 1 aromatic carbocycles. The van der Waals surface area contributed by atoms with Gasteiger partial charge in [0, 0.05) is 12.0 Å². The zero-order valence-corrected chi connectivity index (χ0v) is 8.95. The SMILES string of the molecule is Nc1cccc2c1NC(=O)C21CC(=O)CC1=O. The highest BCUT2D eigenvalue weighted by Gasteiger charge is 2.57. The molecule has 3 N–H and O–H groups in total. The third kappa shape index (κ3) is 1.06. The summed E-state index contributed by atoms with van der Waals surface area (Å²) in [6.45, 7) is 0. The number of carbonyl (C=O) groups is 3. The van der Waals surface area contributed by atoms with Crippen molar-refractivity contribution in [2.45, 2.75) is 18.3 Å². The number of amides is 1. The summed E-state index contributed by atoms with van der Waals surface area (Å²) < 4.78 is 0. The van der Waals surface area contributed by atoms with E-state index in [0.29, 0.717) is 16.9 Å². The first kappa shape index (κ1) is 10.0. The van der Waals surface area contributed by atoms with Crippen molar-refractivity contribution in [2.75, 3.05) is 11.1 Å². The van der Waals surface area contributed by atoms with Gasteiger partial charge in [-0.2, -0.15) is 0 Å². The maximum atomic E-state index is 12.0. The Morgan fingerprint density at radius 3 is 2.65 bits per heavy atom. The van der Waals surface area contributed by atoms with Crippen LogP contribution in [-0.2, 0) is 19.8 Å². The molecule has 17 heavy (non-hydrogen) atoms. The molecule has 2 aliphatic rings. The Morgan fingerprint density at radius 2 is 2.00 bits per heavy atom. The average molecular weight is 230 g/mol. The summed E-state index contributed by atoms with van der Waals surface area (Å²) in [6, 6.07) is 5.02. The number of anilines is 2. The fraction of sp³-hybridized carbons (Fsp3) is 0.250. The lowest BCUT2D eigenvalue weighted by Crippen LogP contribution is -2.38. The molecule has 1 aliphatic heterocycles. The van der Waals surface area contributed by atoms with Gasteiger partial charge in [0.1, 0.15) is 11.2 Å². The molecule has 1 spiro atoms. The van der Waals surface area contributed by atoms with Crippen LogP contribution in [0.1, 0.15) is 18.4 Å². The number of nitrogen functional groups attached to an aromatic ring is 1. The smallest absolute Gasteiger partial charge is 0.243 e. The minimum absolute atomic E-state index is 0.0475. The molecule has 5 heteroatoms. The minimum Gasteiger partial charge on any atom is -0.397 e. The second kappa shape index (κ2) is 2.94. The molecule has 1 aromatic rings. The van der Waals surface area contributed by atoms with Crippen LogP contribution >= 0.6 is 0 Å². The lowest BCUT2D eigenvalue weighted by Gasteiger charge is -2.17. The molecule has 0 aromatic heterocycles. The number of benzene rings is 1. The monoisotopic (exact) mass is 230 g/mol. The first-order valence-corrected chi connectivity index (χ1v) is 5.31. The Hall–Kier alpha value is -2.17. The van der Waals surface area contributed by atoms with Crippen LogP contribution in [0.15, 0.2) is 18.2 Å². The molecule has 1 aliphatic carbocycles. The lowest BCUT2D eigenvalue weighted by atomic mass is 9.79. The van der Waals surface area contributed by atoms with Crippen LogP contribution in [0.5, 0.6) is 0 Å². The van der Waals surface area contributed by atoms with Crippen LogP contribution in [0.4, 0.5) is 11.4 Å². The van der Waals surface area contributed by atoms with E-state index in [1.54, 1.807) is 18.2 Å². The van der Waals surface area contributed by atoms with E-state index in [9.17, 15) is 14.4 Å². The van der Waals surface area contributed by atoms with E-state index in [4.69, 9.17) is 5.73 Å². The Kier molecular flexibility index (Phi) is 1.73. The number of hydrogen-bond acceptors (Lipinski definition) is 4. The zero-order valence-electron chi connectivity index (χ0n) is 8.95. The van der Waals surface area contributed by atoms with Crippen molar-refractivity contribution in [3.05, 3.63) is 23.8 Å². The number of Topliss-reactive ketones (excluding diaryl/α,β-unsaturated/α-hetero) is 2. The van der Waals surface area contributed by atoms with Gasteiger partial charge in [0.05, 0.1) is 17.8 Å². The van der Waals surface area contributed by atoms with Crippen LogP contribution in [0.25, 0.3) is 0 Å². The van der Waals surface area contributed by atoms with Gasteiger partial charge in [-0.25, -0.2) is 0 Å². The third-order valence-electron chi connectivity index (χ3n) is 3.48. The fourth-order valence-electron chi connectivity index (χ4n) is 2.65. The molecule has 1 saturated carbocycles. The summed E-state index contributed by atoms with van der Waals surface area (Å²) in [6.07, 6.45) is -0.213. The van der Waals surface area contributed by atoms with Gasteiger partial charge in [-0.05, 0) is 6.07 Å². The van der Waals surface area contributed by atoms with Gasteiger partial charge in [-0.3, -0.25) is 14.4 Å². The second-order valence-electron chi connectivity index (χ2n) is 4.44. The Labute approximate surface area is 97.0 Å². The van der Waals surface area contributed by atoms with Crippen LogP contribution < -0.4 is 11.1 Å². The first-order valence-electron chi connectivity index (χ1n) is 5.31. The molecular weight excluding hydrogens is 220 g/mol. The topological polar surface area (TPSA) is 89.3 Å². The average Bonchev–Trinajstić information content (AvgIpc) is 2.71. The number of ketones is 2. The number of nitrogens with one attached hydrogen (secondary N) is 1. The van der Waals surface area contributed by atoms with Crippen LogP contribution in [0, 0.1) is 0 Å². The fourth-order valence-corrected chi connectivity index (χ4v) is 2.65. The molecule has 1 unspecified atom stereocenters. The summed E-state index contributed by atoms with van der Waals surface area (Å²) in [5.74, 6) is -0.953. The maximum Gasteiger partial charge on any atom is 0.243 e. The molecule has 5 nitrogen and oxygen atoms in total. The molecule has 3 rings (SSSR count). The zero-order chi connectivity index (χ0) is 12.2. The van der Waals surface area contributed by atoms with E-state index < -0.39 is 11.3 Å². The molecule has 0 bridgehead atoms. The van der Waals surface area contributed by atoms with Gasteiger partial charge in [0.2, 0.25) is 5.91 Å². The van der Waals surface area contributed by atoms with Gasteiger partial charge in [0.15, 0.2) is 5.78 Å². The highest BCUT2D eigenvalue weighted by atomic mass is 16.2. The molecule has 86 valence electrons. The van der Waals surface area contributed by atoms with Gasteiger partial charge < -0.3 is 11.1 Å². The van der Waals surface area contributed by atoms with E-state index in [1.165, 1.54) is 0 Å². The van der Waals surface area contributed by atoms with Gasteiger partial charge in [-0.1, -0.05) is 12.1 Å². The molecule has 1 amide bonds. The van der Waals surface area contributed by atoms with E-state index in [-0.39, 0.29) is 24.4 Å². The molecule has 0 saturated heterocycles. The van der Waals surface area contributed by atoms with Crippen molar-refractivity contribution in [3.8, 4) is 0 Å². The van der Waals surface area contributed by atoms with Crippen LogP contribution in [0.2, 0.25) is 0 Å². The largest absolute Gasteiger partial charge is 0.397 e. The number of carbonyl (C=O) groups excluding carboxylic acids is 3. The highest BCUT2D eigenvalue weighted by Crippen LogP contribution is 2.47. The predicted octanol–water partition coefficient (Wildman–Crippen LogP) is 0.391. The van der Waals surface area contributed by atoms with E-state index in [2.05, 4.69) is 5.32 Å². The Morgan fingerprint density at radius 1 is 1.24 bits per heavy atom. The van der Waals surface area contributed by atoms with Crippen molar-refractivity contribution < 1.29 is 14.4 Å². The highest BCUT2D eigenvalue weighted by molar-refractivity contribution is 6.30. The van der Waals surface area contributed by atoms with Crippen molar-refractivity contribution in [3.63, 3.8) is 0 Å². The summed E-state index contributed by atoms with van der Waals surface area (Å²) >= 11 is 0. The molecule has 0 radical (unpaired) electrons. The second-order valence-corrected chi connectivity index (χ2v) is 4.44. The Balaban J connectivity index is 2.28. The number of nitrogens with two attached hydrogens (primary N) is 1. The molecule has 1 atom stereocenters. The maximum absolute atomic E-state index is 12.0. The summed E-state index contributed by atoms with van der Waals surface area (Å²) in [7, 11) is 0. The predicted molar refractivity (Wildman–Crippen MR) is 60.4 cm³/mol. The summed E-state index contributed by atoms with van der Waals surface area (Å²) in [5.41, 5.74) is 5.87. The molecular formula is C12H10N2O3. The summed E-state index contributed by atoms with van der Waals surface area (Å²) in [4.78, 5) is 35.4. The lowest BCUT2D eigenvalue weighted by molar-refractivity contribution is -0.130. The first-order chi connectivity index (χ1) is 8.05. The standard InChI is InChI=1S/C12H10N2O3/c13-8-3-1-2-7-10(8)14-11(17)12(7)5-6(15)4-9(12)16/h1-3H,4-5,13H2,(H,14,17). The quantitative estimate of drug-likeness (QED) is 0.498. The van der Waals surface area contributed by atoms with E-state index in [0.717, 1.165) is 0 Å². The third-order valence-corrected chi connectivity index (χ3v) is 3.48. The number of rotatable bonds is 0. The van der Waals surface area contributed by atoms with Crippen LogP contribution in [0.3, 0.4) is 0 Å². The van der Waals surface area contributed by atoms with Gasteiger partial charge in [0.25, 0.3) is 0 Å². The van der Waals surface area contributed by atoms with Gasteiger partial charge >= 0.3 is 0 Å². The number of hydrogen-bond donors (Lipinski definition) is 2. The molecule has 1 fully saturated rings. The van der Waals surface area contributed by atoms with E-state index >= 15 is 0 Å². The van der Waals surface area contributed by atoms with Crippen molar-refractivity contribution in [1.82, 2.24) is 0 Å². The summed E-state index contributed by atoms with van der Waals surface area (Å²) in [5, 5.41) is 2.61.